The molecule has 0 saturated carbocycles. The van der Waals surface area contributed by atoms with Crippen LogP contribution in [-0.2, 0) is 9.53 Å². The molecule has 0 radical (unpaired) electrons. The first kappa shape index (κ1) is 13.3. The molecule has 0 aliphatic rings. The van der Waals surface area contributed by atoms with Crippen molar-refractivity contribution < 1.29 is 9.53 Å². The Morgan fingerprint density at radius 3 is 2.27 bits per heavy atom. The zero-order chi connectivity index (χ0) is 8.15. The lowest BCUT2D eigenvalue weighted by Gasteiger charge is -2.16. The molecule has 0 aromatic rings. The summed E-state index contributed by atoms with van der Waals surface area (Å²) >= 11 is 0. The van der Waals surface area contributed by atoms with E-state index in [0.717, 1.165) is 6.54 Å². The van der Waals surface area contributed by atoms with E-state index in [0.29, 0.717) is 0 Å². The van der Waals surface area contributed by atoms with E-state index in [-0.39, 0.29) is 24.5 Å². The van der Waals surface area contributed by atoms with E-state index in [2.05, 4.69) is 0 Å². The van der Waals surface area contributed by atoms with Gasteiger partial charge in [0.2, 0.25) is 0 Å². The van der Waals surface area contributed by atoms with Gasteiger partial charge >= 0.3 is 5.97 Å². The Kier molecular flexibility index (Phi) is 7.79. The van der Waals surface area contributed by atoms with E-state index in [1.165, 1.54) is 6.92 Å². The van der Waals surface area contributed by atoms with Crippen LogP contribution in [0.15, 0.2) is 0 Å². The molecule has 0 heterocycles. The molecule has 0 aliphatic heterocycles. The molecule has 0 N–H and O–H groups in total. The van der Waals surface area contributed by atoms with Crippen LogP contribution in [0.25, 0.3) is 0 Å². The Bertz CT molecular complexity index is 117. The highest BCUT2D eigenvalue weighted by atomic mass is 35.5. The van der Waals surface area contributed by atoms with Crippen LogP contribution in [0.3, 0.4) is 0 Å². The molecule has 0 fully saturated rings. The molecular formula is C7H16ClNO2. The van der Waals surface area contributed by atoms with Crippen LogP contribution >= 0.6 is 12.4 Å². The van der Waals surface area contributed by atoms with Gasteiger partial charge in [0.1, 0.15) is 6.10 Å². The van der Waals surface area contributed by atoms with Gasteiger partial charge in [-0.05, 0) is 21.0 Å². The van der Waals surface area contributed by atoms with Crippen LogP contribution in [0, 0.1) is 0 Å². The Morgan fingerprint density at radius 2 is 2.00 bits per heavy atom. The number of carbonyl (C=O) groups is 1. The lowest BCUT2D eigenvalue weighted by molar-refractivity contribution is -0.145. The lowest BCUT2D eigenvalue weighted by Crippen LogP contribution is -2.27. The zero-order valence-electron chi connectivity index (χ0n) is 7.46. The van der Waals surface area contributed by atoms with Crippen LogP contribution in [0.5, 0.6) is 0 Å². The molecule has 0 saturated heterocycles. The number of hydrogen-bond donors (Lipinski definition) is 0. The van der Waals surface area contributed by atoms with E-state index in [4.69, 9.17) is 4.74 Å². The second-order valence-electron chi connectivity index (χ2n) is 2.68. The first-order valence-electron chi connectivity index (χ1n) is 3.34. The molecule has 0 unspecified atom stereocenters. The van der Waals surface area contributed by atoms with E-state index in [1.807, 2.05) is 25.9 Å². The first-order chi connectivity index (χ1) is 4.52. The van der Waals surface area contributed by atoms with Crippen molar-refractivity contribution in [2.75, 3.05) is 20.6 Å². The van der Waals surface area contributed by atoms with Gasteiger partial charge in [0.15, 0.2) is 0 Å². The maximum Gasteiger partial charge on any atom is 0.302 e. The topological polar surface area (TPSA) is 29.5 Å². The number of hydrogen-bond acceptors (Lipinski definition) is 3. The van der Waals surface area contributed by atoms with Gasteiger partial charge in [-0.15, -0.1) is 12.4 Å². The Labute approximate surface area is 74.1 Å². The fraction of sp³-hybridized carbons (Fsp3) is 0.857. The van der Waals surface area contributed by atoms with Crippen molar-refractivity contribution in [3.63, 3.8) is 0 Å². The summed E-state index contributed by atoms with van der Waals surface area (Å²) in [6.45, 7) is 4.08. The molecular weight excluding hydrogens is 166 g/mol. The maximum absolute atomic E-state index is 10.4. The monoisotopic (exact) mass is 181 g/mol. The van der Waals surface area contributed by atoms with Gasteiger partial charge in [-0.2, -0.15) is 0 Å². The predicted octanol–water partition coefficient (Wildman–Crippen LogP) is 0.921. The number of esters is 1. The standard InChI is InChI=1S/C7H15NO2.ClH/c1-6(5-8(3)4)10-7(2)9;/h6H,5H2,1-4H3;1H/t6-;/m1./s1. The van der Waals surface area contributed by atoms with Crippen LogP contribution in [0.2, 0.25) is 0 Å². The summed E-state index contributed by atoms with van der Waals surface area (Å²) in [5.41, 5.74) is 0. The number of ether oxygens (including phenoxy) is 1. The van der Waals surface area contributed by atoms with Gasteiger partial charge in [-0.3, -0.25) is 4.79 Å². The number of carbonyl (C=O) groups excluding carboxylic acids is 1. The molecule has 11 heavy (non-hydrogen) atoms. The van der Waals surface area contributed by atoms with Crippen molar-refractivity contribution in [2.24, 2.45) is 0 Å². The van der Waals surface area contributed by atoms with Crippen LogP contribution in [-0.4, -0.2) is 37.6 Å². The quantitative estimate of drug-likeness (QED) is 0.607. The fourth-order valence-corrected chi connectivity index (χ4v) is 0.835. The van der Waals surface area contributed by atoms with Gasteiger partial charge in [0.05, 0.1) is 0 Å². The van der Waals surface area contributed by atoms with Crippen LogP contribution in [0.1, 0.15) is 13.8 Å². The van der Waals surface area contributed by atoms with Crippen molar-refractivity contribution in [1.29, 1.82) is 0 Å². The number of rotatable bonds is 3. The molecule has 0 rings (SSSR count). The van der Waals surface area contributed by atoms with E-state index < -0.39 is 0 Å². The minimum absolute atomic E-state index is 0. The second-order valence-corrected chi connectivity index (χ2v) is 2.68. The highest BCUT2D eigenvalue weighted by molar-refractivity contribution is 5.85. The average Bonchev–Trinajstić information content (AvgIpc) is 1.58. The van der Waals surface area contributed by atoms with Crippen molar-refractivity contribution >= 4 is 18.4 Å². The third kappa shape index (κ3) is 9.72. The second kappa shape index (κ2) is 6.43. The summed E-state index contributed by atoms with van der Waals surface area (Å²) in [5, 5.41) is 0. The molecule has 0 amide bonds. The van der Waals surface area contributed by atoms with Crippen molar-refractivity contribution in [1.82, 2.24) is 4.90 Å². The molecule has 3 nitrogen and oxygen atoms in total. The molecule has 0 aromatic carbocycles. The van der Waals surface area contributed by atoms with E-state index >= 15 is 0 Å². The average molecular weight is 182 g/mol. The lowest BCUT2D eigenvalue weighted by atomic mass is 10.4. The van der Waals surface area contributed by atoms with Gasteiger partial charge in [-0.1, -0.05) is 0 Å². The number of nitrogens with zero attached hydrogens (tertiary/aromatic N) is 1. The number of halogens is 1. The SMILES string of the molecule is CC(=O)O[C@H](C)CN(C)C.Cl. The van der Waals surface area contributed by atoms with Crippen LogP contribution < -0.4 is 0 Å². The molecule has 0 aliphatic carbocycles. The third-order valence-electron chi connectivity index (χ3n) is 0.989. The summed E-state index contributed by atoms with van der Waals surface area (Å²) in [6.07, 6.45) is -0.00694. The minimum Gasteiger partial charge on any atom is -0.461 e. The normalized spacial score (nSPS) is 12.1. The highest BCUT2D eigenvalue weighted by Crippen LogP contribution is 1.91. The fourth-order valence-electron chi connectivity index (χ4n) is 0.835. The molecule has 68 valence electrons. The smallest absolute Gasteiger partial charge is 0.302 e. The van der Waals surface area contributed by atoms with Gasteiger partial charge < -0.3 is 9.64 Å². The largest absolute Gasteiger partial charge is 0.461 e. The molecule has 0 aromatic heterocycles. The third-order valence-corrected chi connectivity index (χ3v) is 0.989. The summed E-state index contributed by atoms with van der Waals surface area (Å²) < 4.78 is 4.88. The van der Waals surface area contributed by atoms with E-state index in [9.17, 15) is 4.79 Å². The molecule has 0 spiro atoms. The highest BCUT2D eigenvalue weighted by Gasteiger charge is 2.04. The van der Waals surface area contributed by atoms with Crippen molar-refractivity contribution in [3.8, 4) is 0 Å². The molecule has 4 heteroatoms. The number of likely N-dealkylation sites (N-methyl/N-ethyl adjacent to an activating group) is 1. The summed E-state index contributed by atoms with van der Waals surface area (Å²) in [6, 6.07) is 0. The zero-order valence-corrected chi connectivity index (χ0v) is 8.27. The summed E-state index contributed by atoms with van der Waals surface area (Å²) in [7, 11) is 3.89. The Morgan fingerprint density at radius 1 is 1.55 bits per heavy atom. The molecule has 1 atom stereocenters. The Balaban J connectivity index is 0. The first-order valence-corrected chi connectivity index (χ1v) is 3.34. The van der Waals surface area contributed by atoms with Gasteiger partial charge in [-0.25, -0.2) is 0 Å². The van der Waals surface area contributed by atoms with Crippen molar-refractivity contribution in [2.45, 2.75) is 20.0 Å². The summed E-state index contributed by atoms with van der Waals surface area (Å²) in [5.74, 6) is -0.214. The minimum atomic E-state index is -0.214. The Hall–Kier alpha value is -0.280. The van der Waals surface area contributed by atoms with E-state index in [1.54, 1.807) is 0 Å². The van der Waals surface area contributed by atoms with Crippen molar-refractivity contribution in [3.05, 3.63) is 0 Å². The van der Waals surface area contributed by atoms with Gasteiger partial charge in [0, 0.05) is 13.5 Å². The molecule has 0 bridgehead atoms. The van der Waals surface area contributed by atoms with Gasteiger partial charge in [0.25, 0.3) is 0 Å². The summed E-state index contributed by atoms with van der Waals surface area (Å²) in [4.78, 5) is 12.4. The van der Waals surface area contributed by atoms with Crippen LogP contribution in [0.4, 0.5) is 0 Å². The maximum atomic E-state index is 10.4. The predicted molar refractivity (Wildman–Crippen MR) is 47.0 cm³/mol.